The summed E-state index contributed by atoms with van der Waals surface area (Å²) in [4.78, 5) is 16.1. The lowest BCUT2D eigenvalue weighted by Crippen LogP contribution is -2.45. The summed E-state index contributed by atoms with van der Waals surface area (Å²) >= 11 is 0. The van der Waals surface area contributed by atoms with Crippen LogP contribution in [0.4, 0.5) is 10.5 Å². The summed E-state index contributed by atoms with van der Waals surface area (Å²) in [6.07, 6.45) is 2.82. The highest BCUT2D eigenvalue weighted by molar-refractivity contribution is 5.72. The van der Waals surface area contributed by atoms with Crippen molar-refractivity contribution in [3.63, 3.8) is 0 Å². The number of aliphatic hydroxyl groups excluding tert-OH is 1. The van der Waals surface area contributed by atoms with Gasteiger partial charge in [0.15, 0.2) is 0 Å². The fourth-order valence-corrected chi connectivity index (χ4v) is 6.40. The number of nitrogens with zero attached hydrogens (tertiary/aromatic N) is 3. The molecule has 42 heavy (non-hydrogen) atoms. The van der Waals surface area contributed by atoms with Crippen molar-refractivity contribution in [2.24, 2.45) is 5.73 Å². The number of quaternary nitrogens is 1. The number of nitrogens with two attached hydrogens (primary N) is 1. The lowest BCUT2D eigenvalue weighted by molar-refractivity contribution is -0.873. The zero-order valence-corrected chi connectivity index (χ0v) is 27.1. The number of likely N-dealkylation sites (N-methyl/N-ethyl adjacent to an activating group) is 3. The molecule has 1 amide bonds. The highest BCUT2D eigenvalue weighted by Gasteiger charge is 2.52. The lowest BCUT2D eigenvalue weighted by Gasteiger charge is -2.32. The monoisotopic (exact) mass is 584 g/mol. The van der Waals surface area contributed by atoms with E-state index in [0.29, 0.717) is 11.9 Å². The SMILES string of the molecule is CC(N)Cc1ccccc1.CNC(=O)Oc1ccc2c(c1)[C@]1(C)CCN(C)[C@@H]1N2C.C[C@@H]1O[C@H](C[N+](C)(C)C)C[C@H]1O. The van der Waals surface area contributed by atoms with Gasteiger partial charge in [0.25, 0.3) is 0 Å². The van der Waals surface area contributed by atoms with Crippen LogP contribution in [0.15, 0.2) is 48.5 Å². The molecule has 1 unspecified atom stereocenters. The van der Waals surface area contributed by atoms with E-state index in [9.17, 15) is 9.90 Å². The summed E-state index contributed by atoms with van der Waals surface area (Å²) < 4.78 is 11.7. The third-order valence-electron chi connectivity index (χ3n) is 8.32. The molecule has 3 heterocycles. The number of hydrogen-bond donors (Lipinski definition) is 3. The Labute approximate surface area is 253 Å². The average Bonchev–Trinajstić information content (AvgIpc) is 3.47. The van der Waals surface area contributed by atoms with Gasteiger partial charge in [0.05, 0.1) is 39.5 Å². The number of carbonyl (C=O) groups excluding carboxylic acids is 1. The van der Waals surface area contributed by atoms with Gasteiger partial charge in [-0.25, -0.2) is 4.79 Å². The number of carbonyl (C=O) groups is 1. The third kappa shape index (κ3) is 8.67. The molecule has 4 N–H and O–H groups in total. The Balaban J connectivity index is 0.000000188. The first-order valence-corrected chi connectivity index (χ1v) is 15.0. The number of likely N-dealkylation sites (tertiary alicyclic amines) is 1. The maximum atomic E-state index is 11.4. The molecule has 0 bridgehead atoms. The standard InChI is InChI=1S/C15H21N3O2.C9H20NO2.C9H13N/c1-15-7-8-17(3)13(15)18(4)12-6-5-10(9-11(12)15)20-14(19)16-2;1-7-9(11)5-8(12-7)6-10(2,3)4;1-8(10)7-9-5-3-2-4-6-9/h5-6,9,13H,7-8H2,1-4H3,(H,16,19);7-9,11H,5-6H2,1-4H3;2-6,8H,7,10H2,1H3/q;+1;/t13-,15+;7-,8-,9+;/m10./s1. The Morgan fingerprint density at radius 1 is 1.21 bits per heavy atom. The first-order chi connectivity index (χ1) is 19.6. The molecule has 9 heteroatoms. The van der Waals surface area contributed by atoms with Crippen LogP contribution in [-0.2, 0) is 16.6 Å². The van der Waals surface area contributed by atoms with Crippen molar-refractivity contribution in [3.8, 4) is 5.75 Å². The molecule has 9 nitrogen and oxygen atoms in total. The third-order valence-corrected chi connectivity index (χ3v) is 8.32. The molecule has 3 aliphatic rings. The fraction of sp³-hybridized carbons (Fsp3) is 0.606. The highest BCUT2D eigenvalue weighted by atomic mass is 16.6. The highest BCUT2D eigenvalue weighted by Crippen LogP contribution is 2.51. The first kappa shape index (κ1) is 33.8. The molecule has 2 aromatic rings. The Morgan fingerprint density at radius 2 is 1.88 bits per heavy atom. The van der Waals surface area contributed by atoms with E-state index in [4.69, 9.17) is 15.2 Å². The molecule has 3 aliphatic heterocycles. The van der Waals surface area contributed by atoms with Crippen molar-refractivity contribution < 1.29 is 23.9 Å². The molecule has 2 fully saturated rings. The molecule has 234 valence electrons. The van der Waals surface area contributed by atoms with Crippen LogP contribution in [-0.4, -0.2) is 106 Å². The number of nitrogens with one attached hydrogen (secondary N) is 1. The zero-order valence-electron chi connectivity index (χ0n) is 27.1. The first-order valence-electron chi connectivity index (χ1n) is 15.0. The number of aliphatic hydroxyl groups is 1. The minimum atomic E-state index is -0.429. The van der Waals surface area contributed by atoms with Crippen LogP contribution in [0.25, 0.3) is 0 Å². The molecule has 0 spiro atoms. The number of fused-ring (bicyclic) bond motifs is 3. The molecule has 2 saturated heterocycles. The molecule has 6 atom stereocenters. The van der Waals surface area contributed by atoms with Crippen molar-refractivity contribution in [2.45, 2.75) is 76.0 Å². The summed E-state index contributed by atoms with van der Waals surface area (Å²) in [5.41, 5.74) is 9.54. The summed E-state index contributed by atoms with van der Waals surface area (Å²) in [6.45, 7) is 8.31. The van der Waals surface area contributed by atoms with E-state index in [2.05, 4.69) is 69.4 Å². The van der Waals surface area contributed by atoms with Crippen LogP contribution >= 0.6 is 0 Å². The second kappa shape index (κ2) is 14.2. The van der Waals surface area contributed by atoms with E-state index in [1.54, 1.807) is 7.05 Å². The number of benzene rings is 2. The van der Waals surface area contributed by atoms with Crippen LogP contribution in [0, 0.1) is 0 Å². The van der Waals surface area contributed by atoms with Gasteiger partial charge < -0.3 is 35.0 Å². The smallest absolute Gasteiger partial charge is 0.410 e. The van der Waals surface area contributed by atoms with Crippen LogP contribution < -0.4 is 20.7 Å². The van der Waals surface area contributed by atoms with Gasteiger partial charge in [0.1, 0.15) is 18.4 Å². The van der Waals surface area contributed by atoms with Crippen LogP contribution in [0.3, 0.4) is 0 Å². The molecule has 0 aliphatic carbocycles. The van der Waals surface area contributed by atoms with Gasteiger partial charge in [0, 0.05) is 44.2 Å². The largest absolute Gasteiger partial charge is 0.412 e. The Kier molecular flexibility index (Phi) is 11.4. The molecule has 0 radical (unpaired) electrons. The van der Waals surface area contributed by atoms with Crippen molar-refractivity contribution >= 4 is 11.8 Å². The summed E-state index contributed by atoms with van der Waals surface area (Å²) in [5.74, 6) is 0.605. The van der Waals surface area contributed by atoms with Crippen LogP contribution in [0.5, 0.6) is 5.75 Å². The summed E-state index contributed by atoms with van der Waals surface area (Å²) in [5, 5.41) is 11.9. The predicted octanol–water partition coefficient (Wildman–Crippen LogP) is 3.58. The van der Waals surface area contributed by atoms with Crippen molar-refractivity contribution in [2.75, 3.05) is 60.3 Å². The number of rotatable bonds is 5. The summed E-state index contributed by atoms with van der Waals surface area (Å²) in [7, 11) is 12.3. The van der Waals surface area contributed by atoms with Crippen molar-refractivity contribution in [3.05, 3.63) is 59.7 Å². The van der Waals surface area contributed by atoms with E-state index < -0.39 is 6.09 Å². The van der Waals surface area contributed by atoms with Gasteiger partial charge in [-0.2, -0.15) is 0 Å². The lowest BCUT2D eigenvalue weighted by atomic mass is 9.81. The van der Waals surface area contributed by atoms with E-state index in [0.717, 1.165) is 36.8 Å². The van der Waals surface area contributed by atoms with Gasteiger partial charge in [-0.15, -0.1) is 0 Å². The molecule has 0 aromatic heterocycles. The molecule has 2 aromatic carbocycles. The molecular weight excluding hydrogens is 530 g/mol. The second-order valence-corrected chi connectivity index (χ2v) is 13.4. The Morgan fingerprint density at radius 3 is 2.43 bits per heavy atom. The maximum absolute atomic E-state index is 11.4. The number of hydrogen-bond acceptors (Lipinski definition) is 7. The fourth-order valence-electron chi connectivity index (χ4n) is 6.40. The quantitative estimate of drug-likeness (QED) is 0.462. The van der Waals surface area contributed by atoms with E-state index >= 15 is 0 Å². The minimum absolute atomic E-state index is 0.0153. The van der Waals surface area contributed by atoms with E-state index in [1.807, 2.05) is 50.2 Å². The van der Waals surface area contributed by atoms with Gasteiger partial charge >= 0.3 is 6.09 Å². The van der Waals surface area contributed by atoms with Gasteiger partial charge in [-0.1, -0.05) is 37.3 Å². The van der Waals surface area contributed by atoms with E-state index in [-0.39, 0.29) is 29.8 Å². The molecular formula is C33H54N5O4+. The van der Waals surface area contributed by atoms with Gasteiger partial charge in [0.2, 0.25) is 0 Å². The number of anilines is 1. The van der Waals surface area contributed by atoms with Crippen molar-refractivity contribution in [1.82, 2.24) is 10.2 Å². The minimum Gasteiger partial charge on any atom is -0.410 e. The number of amides is 1. The van der Waals surface area contributed by atoms with Gasteiger partial charge in [-0.05, 0) is 63.1 Å². The molecule has 0 saturated carbocycles. The number of ether oxygens (including phenoxy) is 2. The zero-order chi connectivity index (χ0) is 31.2. The second-order valence-electron chi connectivity index (χ2n) is 13.4. The maximum Gasteiger partial charge on any atom is 0.412 e. The predicted molar refractivity (Wildman–Crippen MR) is 170 cm³/mol. The van der Waals surface area contributed by atoms with Crippen LogP contribution in [0.1, 0.15) is 44.7 Å². The normalized spacial score (nSPS) is 27.2. The Hall–Kier alpha value is -2.69. The average molecular weight is 585 g/mol. The van der Waals surface area contributed by atoms with Crippen molar-refractivity contribution in [1.29, 1.82) is 0 Å². The topological polar surface area (TPSA) is 100 Å². The van der Waals surface area contributed by atoms with E-state index in [1.165, 1.54) is 16.8 Å². The van der Waals surface area contributed by atoms with Gasteiger partial charge in [-0.3, -0.25) is 4.90 Å². The molecule has 5 rings (SSSR count). The van der Waals surface area contributed by atoms with Crippen LogP contribution in [0.2, 0.25) is 0 Å². The summed E-state index contributed by atoms with van der Waals surface area (Å²) in [6, 6.07) is 16.5. The Bertz CT molecular complexity index is 1140.